The quantitative estimate of drug-likeness (QED) is 0.655. The first-order valence-electron chi connectivity index (χ1n) is 9.79. The molecule has 1 heterocycles. The Kier molecular flexibility index (Phi) is 7.73. The number of hydrogen-bond acceptors (Lipinski definition) is 3. The van der Waals surface area contributed by atoms with Gasteiger partial charge in [0.25, 0.3) is 0 Å². The molecule has 1 aliphatic rings. The van der Waals surface area contributed by atoms with Crippen molar-refractivity contribution in [2.75, 3.05) is 13.1 Å². The van der Waals surface area contributed by atoms with Gasteiger partial charge in [-0.1, -0.05) is 34.1 Å². The smallest absolute Gasteiger partial charge is 0.410 e. The Hall–Kier alpha value is -0.920. The maximum absolute atomic E-state index is 12.8. The molecule has 1 saturated heterocycles. The highest BCUT2D eigenvalue weighted by atomic mass is 79.9. The number of carbonyl (C=O) groups is 1. The van der Waals surface area contributed by atoms with Gasteiger partial charge in [-0.2, -0.15) is 0 Å². The average molecular weight is 473 g/mol. The molecule has 28 heavy (non-hydrogen) atoms. The van der Waals surface area contributed by atoms with E-state index in [1.165, 1.54) is 0 Å². The third-order valence-corrected chi connectivity index (χ3v) is 7.00. The number of ether oxygens (including phenoxy) is 1. The van der Waals surface area contributed by atoms with E-state index in [2.05, 4.69) is 26.7 Å². The summed E-state index contributed by atoms with van der Waals surface area (Å²) < 4.78 is 22.4. The summed E-state index contributed by atoms with van der Waals surface area (Å²) in [5, 5.41) is 0. The van der Waals surface area contributed by atoms with Crippen LogP contribution in [0.5, 0.6) is 0 Å². The third kappa shape index (κ3) is 6.56. The van der Waals surface area contributed by atoms with Crippen LogP contribution in [0.1, 0.15) is 66.0 Å². The Morgan fingerprint density at radius 3 is 2.25 bits per heavy atom. The average Bonchev–Trinajstić information content (AvgIpc) is 2.58. The van der Waals surface area contributed by atoms with E-state index in [0.29, 0.717) is 13.1 Å². The molecule has 0 aliphatic carbocycles. The summed E-state index contributed by atoms with van der Waals surface area (Å²) in [4.78, 5) is 14.1. The number of nitrogens with one attached hydrogen (secondary N) is 1. The first-order valence-corrected chi connectivity index (χ1v) is 11.7. The number of likely N-dealkylation sites (tertiary alicyclic amines) is 1. The summed E-state index contributed by atoms with van der Waals surface area (Å²) in [6, 6.07) is 8.03. The van der Waals surface area contributed by atoms with Crippen LogP contribution in [0.3, 0.4) is 0 Å². The van der Waals surface area contributed by atoms with Crippen molar-refractivity contribution >= 4 is 33.0 Å². The lowest BCUT2D eigenvalue weighted by atomic mass is 9.86. The SMILES string of the molecule is CC(C)(C)OC(=O)N1CCC(C(NS(=O)C(C)(C)C)c2ccccc2Br)CC1. The zero-order valence-electron chi connectivity index (χ0n) is 17.8. The first-order chi connectivity index (χ1) is 12.9. The van der Waals surface area contributed by atoms with E-state index < -0.39 is 16.6 Å². The van der Waals surface area contributed by atoms with Crippen molar-refractivity contribution in [1.29, 1.82) is 0 Å². The minimum atomic E-state index is -1.18. The van der Waals surface area contributed by atoms with Crippen LogP contribution in [0.15, 0.2) is 28.7 Å². The summed E-state index contributed by atoms with van der Waals surface area (Å²) in [6.45, 7) is 12.8. The Bertz CT molecular complexity index is 704. The second-order valence-corrected chi connectivity index (χ2v) is 12.2. The van der Waals surface area contributed by atoms with Gasteiger partial charge >= 0.3 is 6.09 Å². The van der Waals surface area contributed by atoms with Crippen molar-refractivity contribution in [3.8, 4) is 0 Å². The second-order valence-electron chi connectivity index (χ2n) is 9.30. The summed E-state index contributed by atoms with van der Waals surface area (Å²) >= 11 is 3.65. The molecule has 2 atom stereocenters. The molecule has 1 amide bonds. The van der Waals surface area contributed by atoms with E-state index in [9.17, 15) is 9.00 Å². The van der Waals surface area contributed by atoms with Crippen LogP contribution in [0, 0.1) is 5.92 Å². The predicted octanol–water partition coefficient (Wildman–Crippen LogP) is 5.19. The van der Waals surface area contributed by atoms with E-state index in [4.69, 9.17) is 4.74 Å². The molecule has 158 valence electrons. The van der Waals surface area contributed by atoms with Crippen molar-refractivity contribution in [3.63, 3.8) is 0 Å². The van der Waals surface area contributed by atoms with Gasteiger partial charge in [-0.15, -0.1) is 0 Å². The number of amides is 1. The van der Waals surface area contributed by atoms with E-state index in [1.54, 1.807) is 4.90 Å². The molecule has 1 N–H and O–H groups in total. The summed E-state index contributed by atoms with van der Waals surface area (Å²) in [5.74, 6) is 0.281. The van der Waals surface area contributed by atoms with Crippen LogP contribution in [-0.2, 0) is 15.7 Å². The monoisotopic (exact) mass is 472 g/mol. The highest BCUT2D eigenvalue weighted by molar-refractivity contribution is 9.10. The molecular weight excluding hydrogens is 440 g/mol. The topological polar surface area (TPSA) is 58.6 Å². The van der Waals surface area contributed by atoms with E-state index in [1.807, 2.05) is 59.7 Å². The maximum Gasteiger partial charge on any atom is 0.410 e. The molecule has 0 bridgehead atoms. The van der Waals surface area contributed by atoms with Crippen LogP contribution < -0.4 is 4.72 Å². The Balaban J connectivity index is 2.14. The van der Waals surface area contributed by atoms with Crippen molar-refractivity contribution in [1.82, 2.24) is 9.62 Å². The normalized spacial score (nSPS) is 18.6. The number of carbonyl (C=O) groups excluding carboxylic acids is 1. The van der Waals surface area contributed by atoms with Gasteiger partial charge in [0.15, 0.2) is 0 Å². The van der Waals surface area contributed by atoms with Crippen LogP contribution in [-0.4, -0.2) is 38.6 Å². The minimum absolute atomic E-state index is 0.0450. The molecule has 0 spiro atoms. The molecule has 0 aromatic heterocycles. The number of benzene rings is 1. The molecule has 7 heteroatoms. The summed E-state index contributed by atoms with van der Waals surface area (Å²) in [5.41, 5.74) is 0.618. The molecule has 1 aliphatic heterocycles. The molecule has 0 saturated carbocycles. The second kappa shape index (κ2) is 9.26. The molecule has 0 radical (unpaired) electrons. The van der Waals surface area contributed by atoms with E-state index in [0.717, 1.165) is 22.9 Å². The number of halogens is 1. The van der Waals surface area contributed by atoms with Crippen LogP contribution in [0.2, 0.25) is 0 Å². The molecule has 2 rings (SSSR count). The lowest BCUT2D eigenvalue weighted by Gasteiger charge is -2.38. The van der Waals surface area contributed by atoms with Gasteiger partial charge in [0, 0.05) is 23.6 Å². The zero-order chi connectivity index (χ0) is 21.1. The summed E-state index contributed by atoms with van der Waals surface area (Å²) in [6.07, 6.45) is 1.41. The van der Waals surface area contributed by atoms with Gasteiger partial charge in [0.2, 0.25) is 0 Å². The van der Waals surface area contributed by atoms with E-state index in [-0.39, 0.29) is 22.8 Å². The van der Waals surface area contributed by atoms with Gasteiger partial charge in [0.05, 0.1) is 15.7 Å². The predicted molar refractivity (Wildman–Crippen MR) is 118 cm³/mol. The highest BCUT2D eigenvalue weighted by Crippen LogP contribution is 2.35. The van der Waals surface area contributed by atoms with Gasteiger partial charge in [-0.05, 0) is 71.9 Å². The molecule has 1 fully saturated rings. The Morgan fingerprint density at radius 1 is 1.18 bits per heavy atom. The van der Waals surface area contributed by atoms with Crippen molar-refractivity contribution in [3.05, 3.63) is 34.3 Å². The lowest BCUT2D eigenvalue weighted by Crippen LogP contribution is -2.45. The third-order valence-electron chi connectivity index (χ3n) is 4.69. The molecular formula is C21H33BrN2O3S. The van der Waals surface area contributed by atoms with Crippen molar-refractivity contribution < 1.29 is 13.7 Å². The van der Waals surface area contributed by atoms with Crippen LogP contribution >= 0.6 is 15.9 Å². The molecule has 1 aromatic rings. The summed E-state index contributed by atoms with van der Waals surface area (Å²) in [7, 11) is -1.18. The Morgan fingerprint density at radius 2 is 1.75 bits per heavy atom. The number of hydrogen-bond donors (Lipinski definition) is 1. The van der Waals surface area contributed by atoms with Crippen molar-refractivity contribution in [2.24, 2.45) is 5.92 Å². The number of nitrogens with zero attached hydrogens (tertiary/aromatic N) is 1. The minimum Gasteiger partial charge on any atom is -0.444 e. The van der Waals surface area contributed by atoms with Gasteiger partial charge in [-0.25, -0.2) is 13.7 Å². The van der Waals surface area contributed by atoms with Gasteiger partial charge in [0.1, 0.15) is 5.60 Å². The van der Waals surface area contributed by atoms with Crippen LogP contribution in [0.4, 0.5) is 4.79 Å². The highest BCUT2D eigenvalue weighted by Gasteiger charge is 2.34. The van der Waals surface area contributed by atoms with Gasteiger partial charge < -0.3 is 9.64 Å². The fourth-order valence-electron chi connectivity index (χ4n) is 3.17. The largest absolute Gasteiger partial charge is 0.444 e. The Labute approximate surface area is 180 Å². The zero-order valence-corrected chi connectivity index (χ0v) is 20.2. The first kappa shape index (κ1) is 23.4. The molecule has 1 aromatic carbocycles. The molecule has 2 unspecified atom stereocenters. The molecule has 5 nitrogen and oxygen atoms in total. The van der Waals surface area contributed by atoms with E-state index >= 15 is 0 Å². The number of rotatable bonds is 4. The lowest BCUT2D eigenvalue weighted by molar-refractivity contribution is 0.0172. The fraction of sp³-hybridized carbons (Fsp3) is 0.667. The van der Waals surface area contributed by atoms with Crippen molar-refractivity contribution in [2.45, 2.75) is 70.8 Å². The maximum atomic E-state index is 12.8. The van der Waals surface area contributed by atoms with Crippen LogP contribution in [0.25, 0.3) is 0 Å². The fourth-order valence-corrected chi connectivity index (χ4v) is 4.61. The standard InChI is InChI=1S/C21H33BrN2O3S/c1-20(2,3)27-19(25)24-13-11-15(12-14-24)18(23-28(26)21(4,5)6)16-9-7-8-10-17(16)22/h7-10,15,18,23H,11-14H2,1-6H3. The van der Waals surface area contributed by atoms with Gasteiger partial charge in [-0.3, -0.25) is 0 Å². The number of piperidine rings is 1.